The standard InChI is InChI=1S/C23H26N2OS/c1-17(2)22(18-10-5-3-6-11-18)24-16-21(26)25-23(20-14-9-15-27-20)19-12-7-4-8-13-19/h3-15,17,22-24H,16H2,1-2H3,(H,25,26)/p+1/t22-,23-/m1/s1. The molecule has 0 spiro atoms. The highest BCUT2D eigenvalue weighted by molar-refractivity contribution is 7.10. The summed E-state index contributed by atoms with van der Waals surface area (Å²) in [5.74, 6) is 0.501. The zero-order valence-electron chi connectivity index (χ0n) is 15.8. The van der Waals surface area contributed by atoms with Crippen LogP contribution in [0.5, 0.6) is 0 Å². The Morgan fingerprint density at radius 1 is 0.926 bits per heavy atom. The summed E-state index contributed by atoms with van der Waals surface area (Å²) in [4.78, 5) is 13.9. The van der Waals surface area contributed by atoms with Crippen LogP contribution in [0.2, 0.25) is 0 Å². The second-order valence-corrected chi connectivity index (χ2v) is 8.03. The van der Waals surface area contributed by atoms with Gasteiger partial charge in [-0.15, -0.1) is 11.3 Å². The number of nitrogens with two attached hydrogens (primary N) is 1. The van der Waals surface area contributed by atoms with Crippen LogP contribution in [0.25, 0.3) is 0 Å². The van der Waals surface area contributed by atoms with Crippen molar-refractivity contribution in [2.24, 2.45) is 5.92 Å². The molecule has 0 unspecified atom stereocenters. The average molecular weight is 380 g/mol. The van der Waals surface area contributed by atoms with Crippen LogP contribution < -0.4 is 10.6 Å². The molecule has 0 radical (unpaired) electrons. The van der Waals surface area contributed by atoms with Gasteiger partial charge in [0.1, 0.15) is 6.04 Å². The molecule has 3 nitrogen and oxygen atoms in total. The third-order valence-corrected chi connectivity index (χ3v) is 5.66. The van der Waals surface area contributed by atoms with Gasteiger partial charge in [-0.25, -0.2) is 0 Å². The van der Waals surface area contributed by atoms with Crippen LogP contribution in [0.3, 0.4) is 0 Å². The highest BCUT2D eigenvalue weighted by Crippen LogP contribution is 2.25. The summed E-state index contributed by atoms with van der Waals surface area (Å²) >= 11 is 1.67. The zero-order valence-corrected chi connectivity index (χ0v) is 16.7. The van der Waals surface area contributed by atoms with E-state index in [2.05, 4.69) is 66.9 Å². The normalized spacial score (nSPS) is 13.3. The zero-order chi connectivity index (χ0) is 19.1. The second kappa shape index (κ2) is 9.49. The predicted molar refractivity (Wildman–Crippen MR) is 112 cm³/mol. The van der Waals surface area contributed by atoms with Crippen molar-refractivity contribution in [1.29, 1.82) is 0 Å². The Bertz CT molecular complexity index is 816. The van der Waals surface area contributed by atoms with E-state index in [9.17, 15) is 4.79 Å². The first kappa shape index (κ1) is 19.3. The summed E-state index contributed by atoms with van der Waals surface area (Å²) in [5, 5.41) is 7.42. The largest absolute Gasteiger partial charge is 0.339 e. The Morgan fingerprint density at radius 2 is 1.56 bits per heavy atom. The molecule has 0 saturated carbocycles. The molecule has 0 aliphatic rings. The number of nitrogens with one attached hydrogen (secondary N) is 1. The van der Waals surface area contributed by atoms with Crippen molar-refractivity contribution < 1.29 is 10.1 Å². The molecule has 27 heavy (non-hydrogen) atoms. The lowest BCUT2D eigenvalue weighted by molar-refractivity contribution is -0.692. The SMILES string of the molecule is CC(C)[C@@H]([NH2+]CC(=O)N[C@H](c1ccccc1)c1cccs1)c1ccccc1. The first-order valence-corrected chi connectivity index (χ1v) is 10.3. The van der Waals surface area contributed by atoms with Crippen LogP contribution in [-0.4, -0.2) is 12.5 Å². The van der Waals surface area contributed by atoms with Crippen LogP contribution in [-0.2, 0) is 4.79 Å². The minimum absolute atomic E-state index is 0.0545. The van der Waals surface area contributed by atoms with Crippen LogP contribution in [0.15, 0.2) is 78.2 Å². The maximum atomic E-state index is 12.7. The number of amides is 1. The van der Waals surface area contributed by atoms with Crippen molar-refractivity contribution in [2.45, 2.75) is 25.9 Å². The number of carbonyl (C=O) groups excluding carboxylic acids is 1. The Morgan fingerprint density at radius 3 is 2.11 bits per heavy atom. The number of hydrogen-bond acceptors (Lipinski definition) is 2. The quantitative estimate of drug-likeness (QED) is 0.612. The number of hydrogen-bond donors (Lipinski definition) is 2. The average Bonchev–Trinajstić information content (AvgIpc) is 3.22. The minimum Gasteiger partial charge on any atom is -0.339 e. The fourth-order valence-electron chi connectivity index (χ4n) is 3.34. The third-order valence-electron chi connectivity index (χ3n) is 4.73. The summed E-state index contributed by atoms with van der Waals surface area (Å²) < 4.78 is 0. The summed E-state index contributed by atoms with van der Waals surface area (Å²) in [7, 11) is 0. The van der Waals surface area contributed by atoms with E-state index in [1.54, 1.807) is 11.3 Å². The molecule has 0 aliphatic carbocycles. The third kappa shape index (κ3) is 5.28. The number of thiophene rings is 1. The predicted octanol–water partition coefficient (Wildman–Crippen LogP) is 3.91. The van der Waals surface area contributed by atoms with E-state index >= 15 is 0 Å². The molecule has 140 valence electrons. The Labute approximate surface area is 165 Å². The van der Waals surface area contributed by atoms with Crippen LogP contribution in [0, 0.1) is 5.92 Å². The summed E-state index contributed by atoms with van der Waals surface area (Å²) in [6.07, 6.45) is 0. The van der Waals surface area contributed by atoms with Gasteiger partial charge in [0.2, 0.25) is 0 Å². The van der Waals surface area contributed by atoms with Gasteiger partial charge in [-0.1, -0.05) is 80.6 Å². The highest BCUT2D eigenvalue weighted by Gasteiger charge is 2.22. The fraction of sp³-hybridized carbons (Fsp3) is 0.261. The first-order valence-electron chi connectivity index (χ1n) is 9.41. The van der Waals surface area contributed by atoms with Crippen molar-refractivity contribution >= 4 is 17.2 Å². The smallest absolute Gasteiger partial charge is 0.275 e. The van der Waals surface area contributed by atoms with Gasteiger partial charge < -0.3 is 10.6 Å². The van der Waals surface area contributed by atoms with E-state index < -0.39 is 0 Å². The number of rotatable bonds is 8. The summed E-state index contributed by atoms with van der Waals surface area (Å²) in [6, 6.07) is 24.8. The van der Waals surface area contributed by atoms with Gasteiger partial charge in [0, 0.05) is 16.4 Å². The number of carbonyl (C=O) groups is 1. The van der Waals surface area contributed by atoms with Crippen molar-refractivity contribution in [3.05, 3.63) is 94.2 Å². The van der Waals surface area contributed by atoms with Gasteiger partial charge in [0.05, 0.1) is 6.04 Å². The lowest BCUT2D eigenvalue weighted by atomic mass is 9.96. The summed E-state index contributed by atoms with van der Waals surface area (Å²) in [5.41, 5.74) is 2.37. The highest BCUT2D eigenvalue weighted by atomic mass is 32.1. The Kier molecular flexibility index (Phi) is 6.80. The maximum absolute atomic E-state index is 12.7. The molecule has 3 aromatic rings. The van der Waals surface area contributed by atoms with Gasteiger partial charge in [0.15, 0.2) is 6.54 Å². The Balaban J connectivity index is 1.67. The second-order valence-electron chi connectivity index (χ2n) is 7.05. The molecule has 1 amide bonds. The van der Waals surface area contributed by atoms with Crippen molar-refractivity contribution in [1.82, 2.24) is 5.32 Å². The molecule has 4 heteroatoms. The van der Waals surface area contributed by atoms with Gasteiger partial charge in [-0.3, -0.25) is 4.79 Å². The molecular weight excluding hydrogens is 352 g/mol. The molecule has 0 fully saturated rings. The molecule has 1 aromatic heterocycles. The molecule has 2 atom stereocenters. The van der Waals surface area contributed by atoms with E-state index in [4.69, 9.17) is 0 Å². The minimum atomic E-state index is -0.0960. The van der Waals surface area contributed by atoms with E-state index in [0.717, 1.165) is 10.4 Å². The summed E-state index contributed by atoms with van der Waals surface area (Å²) in [6.45, 7) is 4.81. The topological polar surface area (TPSA) is 45.7 Å². The van der Waals surface area contributed by atoms with E-state index in [-0.39, 0.29) is 18.0 Å². The Hall–Kier alpha value is -2.43. The molecule has 3 rings (SSSR count). The van der Waals surface area contributed by atoms with Crippen molar-refractivity contribution in [3.8, 4) is 0 Å². The van der Waals surface area contributed by atoms with Crippen LogP contribution in [0.1, 0.15) is 41.9 Å². The number of benzene rings is 2. The monoisotopic (exact) mass is 379 g/mol. The number of quaternary nitrogens is 1. The fourth-order valence-corrected chi connectivity index (χ4v) is 4.14. The van der Waals surface area contributed by atoms with Gasteiger partial charge in [-0.2, -0.15) is 0 Å². The van der Waals surface area contributed by atoms with Crippen molar-refractivity contribution in [3.63, 3.8) is 0 Å². The first-order chi connectivity index (χ1) is 13.1. The van der Waals surface area contributed by atoms with Gasteiger partial charge >= 0.3 is 0 Å². The van der Waals surface area contributed by atoms with Crippen molar-refractivity contribution in [2.75, 3.05) is 6.54 Å². The molecule has 3 N–H and O–H groups in total. The lowest BCUT2D eigenvalue weighted by Crippen LogP contribution is -2.88. The van der Waals surface area contributed by atoms with Crippen LogP contribution in [0.4, 0.5) is 0 Å². The van der Waals surface area contributed by atoms with Crippen LogP contribution >= 0.6 is 11.3 Å². The van der Waals surface area contributed by atoms with Gasteiger partial charge in [0.25, 0.3) is 5.91 Å². The molecule has 2 aromatic carbocycles. The molecule has 1 heterocycles. The van der Waals surface area contributed by atoms with Gasteiger partial charge in [-0.05, 0) is 17.0 Å². The van der Waals surface area contributed by atoms with E-state index in [1.807, 2.05) is 35.7 Å². The van der Waals surface area contributed by atoms with E-state index in [1.165, 1.54) is 5.56 Å². The van der Waals surface area contributed by atoms with E-state index in [0.29, 0.717) is 12.5 Å². The molecule has 0 aliphatic heterocycles. The molecule has 0 bridgehead atoms. The molecular formula is C23H27N2OS+. The lowest BCUT2D eigenvalue weighted by Gasteiger charge is -2.21. The molecule has 0 saturated heterocycles. The maximum Gasteiger partial charge on any atom is 0.275 e.